The fourth-order valence-corrected chi connectivity index (χ4v) is 1.42. The number of aromatic carboxylic acids is 1. The molecular formula is C12H8O4. The van der Waals surface area contributed by atoms with Gasteiger partial charge < -0.3 is 14.3 Å². The van der Waals surface area contributed by atoms with Gasteiger partial charge in [-0.1, -0.05) is 18.1 Å². The Bertz CT molecular complexity index is 574. The van der Waals surface area contributed by atoms with Crippen molar-refractivity contribution in [2.45, 2.75) is 0 Å². The molecule has 2 aromatic rings. The van der Waals surface area contributed by atoms with E-state index >= 15 is 0 Å². The largest absolute Gasteiger partial charge is 0.476 e. The monoisotopic (exact) mass is 216 g/mol. The first-order valence-electron chi connectivity index (χ1n) is 4.55. The van der Waals surface area contributed by atoms with Gasteiger partial charge in [-0.05, 0) is 12.1 Å². The van der Waals surface area contributed by atoms with Gasteiger partial charge in [0.1, 0.15) is 12.2 Å². The van der Waals surface area contributed by atoms with Crippen molar-refractivity contribution in [1.82, 2.24) is 0 Å². The zero-order chi connectivity index (χ0) is 11.5. The van der Waals surface area contributed by atoms with Crippen LogP contribution in [-0.2, 0) is 0 Å². The number of para-hydroxylation sites is 1. The lowest BCUT2D eigenvalue weighted by Crippen LogP contribution is -2.00. The molecule has 0 aliphatic carbocycles. The van der Waals surface area contributed by atoms with Gasteiger partial charge in [0.25, 0.3) is 5.76 Å². The van der Waals surface area contributed by atoms with Gasteiger partial charge in [0.2, 0.25) is 0 Å². The summed E-state index contributed by atoms with van der Waals surface area (Å²) in [5, 5.41) is 9.55. The molecule has 0 atom stereocenters. The highest BCUT2D eigenvalue weighted by Crippen LogP contribution is 2.32. The van der Waals surface area contributed by atoms with Gasteiger partial charge in [-0.25, -0.2) is 4.79 Å². The molecular weight excluding hydrogens is 208 g/mol. The van der Waals surface area contributed by atoms with Crippen molar-refractivity contribution >= 4 is 16.9 Å². The van der Waals surface area contributed by atoms with Gasteiger partial charge in [-0.2, -0.15) is 0 Å². The van der Waals surface area contributed by atoms with Gasteiger partial charge >= 0.3 is 5.97 Å². The Morgan fingerprint density at radius 3 is 2.94 bits per heavy atom. The molecule has 0 amide bonds. The van der Waals surface area contributed by atoms with Crippen LogP contribution < -0.4 is 4.74 Å². The van der Waals surface area contributed by atoms with E-state index in [2.05, 4.69) is 5.92 Å². The molecule has 80 valence electrons. The molecule has 0 spiro atoms. The fourth-order valence-electron chi connectivity index (χ4n) is 1.42. The van der Waals surface area contributed by atoms with Crippen molar-refractivity contribution in [3.63, 3.8) is 0 Å². The number of rotatable bonds is 3. The first kappa shape index (κ1) is 10.1. The fraction of sp³-hybridized carbons (Fsp3) is 0.0833. The number of hydrogen-bond acceptors (Lipinski definition) is 3. The minimum Gasteiger partial charge on any atom is -0.476 e. The summed E-state index contributed by atoms with van der Waals surface area (Å²) in [4.78, 5) is 10.9. The van der Waals surface area contributed by atoms with E-state index in [-0.39, 0.29) is 18.1 Å². The molecule has 4 heteroatoms. The Balaban J connectivity index is 2.60. The molecule has 1 N–H and O–H groups in total. The van der Waals surface area contributed by atoms with Crippen molar-refractivity contribution in [2.75, 3.05) is 6.61 Å². The second-order valence-corrected chi connectivity index (χ2v) is 3.05. The molecule has 1 aromatic carbocycles. The lowest BCUT2D eigenvalue weighted by Gasteiger charge is -1.99. The quantitative estimate of drug-likeness (QED) is 0.798. The van der Waals surface area contributed by atoms with Crippen LogP contribution in [0.25, 0.3) is 11.0 Å². The maximum Gasteiger partial charge on any atom is 0.375 e. The van der Waals surface area contributed by atoms with Crippen LogP contribution in [0.2, 0.25) is 0 Å². The van der Waals surface area contributed by atoms with Crippen LogP contribution in [0, 0.1) is 12.3 Å². The van der Waals surface area contributed by atoms with E-state index < -0.39 is 5.97 Å². The third-order valence-electron chi connectivity index (χ3n) is 2.04. The summed E-state index contributed by atoms with van der Waals surface area (Å²) in [5.74, 6) is 1.06. The highest BCUT2D eigenvalue weighted by Gasteiger charge is 2.20. The van der Waals surface area contributed by atoms with Crippen LogP contribution in [0.3, 0.4) is 0 Å². The van der Waals surface area contributed by atoms with Crippen LogP contribution in [0.5, 0.6) is 5.75 Å². The van der Waals surface area contributed by atoms with Crippen molar-refractivity contribution in [1.29, 1.82) is 0 Å². The van der Waals surface area contributed by atoms with E-state index in [4.69, 9.17) is 20.7 Å². The van der Waals surface area contributed by atoms with E-state index in [0.717, 1.165) is 0 Å². The smallest absolute Gasteiger partial charge is 0.375 e. The molecule has 0 radical (unpaired) electrons. The minimum atomic E-state index is -1.18. The summed E-state index contributed by atoms with van der Waals surface area (Å²) in [7, 11) is 0. The average Bonchev–Trinajstić information content (AvgIpc) is 2.65. The molecule has 0 unspecified atom stereocenters. The van der Waals surface area contributed by atoms with Crippen molar-refractivity contribution in [2.24, 2.45) is 0 Å². The molecule has 0 fully saturated rings. The second kappa shape index (κ2) is 3.99. The lowest BCUT2D eigenvalue weighted by atomic mass is 10.2. The summed E-state index contributed by atoms with van der Waals surface area (Å²) < 4.78 is 10.4. The number of benzene rings is 1. The number of carboxylic acids is 1. The number of terminal acetylenes is 1. The van der Waals surface area contributed by atoms with Crippen LogP contribution in [0.15, 0.2) is 28.7 Å². The van der Waals surface area contributed by atoms with Crippen LogP contribution in [0.4, 0.5) is 0 Å². The first-order chi connectivity index (χ1) is 7.74. The minimum absolute atomic E-state index is 0.00378. The van der Waals surface area contributed by atoms with Crippen LogP contribution >= 0.6 is 0 Å². The third kappa shape index (κ3) is 1.59. The molecule has 1 aromatic heterocycles. The highest BCUT2D eigenvalue weighted by atomic mass is 16.5. The maximum atomic E-state index is 10.9. The van der Waals surface area contributed by atoms with Gasteiger partial charge in [0.15, 0.2) is 5.75 Å². The van der Waals surface area contributed by atoms with Crippen molar-refractivity contribution < 1.29 is 19.1 Å². The number of fused-ring (bicyclic) bond motifs is 1. The van der Waals surface area contributed by atoms with E-state index in [0.29, 0.717) is 11.0 Å². The predicted molar refractivity (Wildman–Crippen MR) is 57.5 cm³/mol. The Morgan fingerprint density at radius 2 is 2.25 bits per heavy atom. The second-order valence-electron chi connectivity index (χ2n) is 3.05. The Labute approximate surface area is 91.4 Å². The maximum absolute atomic E-state index is 10.9. The molecule has 0 saturated carbocycles. The molecule has 0 aliphatic rings. The zero-order valence-electron chi connectivity index (χ0n) is 8.27. The molecule has 16 heavy (non-hydrogen) atoms. The molecule has 0 aliphatic heterocycles. The van der Waals surface area contributed by atoms with Gasteiger partial charge in [0.05, 0.1) is 5.39 Å². The Hall–Kier alpha value is -2.41. The topological polar surface area (TPSA) is 59.7 Å². The highest BCUT2D eigenvalue weighted by molar-refractivity contribution is 5.97. The standard InChI is InChI=1S/C12H8O4/c1-2-7-15-10-8-5-3-4-6-9(8)16-11(10)12(13)14/h1,3-6H,7H2,(H,13,14). The normalized spacial score (nSPS) is 9.94. The predicted octanol–water partition coefficient (Wildman–Crippen LogP) is 2.14. The number of carboxylic acid groups (broad SMARTS) is 1. The average molecular weight is 216 g/mol. The first-order valence-corrected chi connectivity index (χ1v) is 4.55. The molecule has 0 bridgehead atoms. The number of ether oxygens (including phenoxy) is 1. The number of hydrogen-bond donors (Lipinski definition) is 1. The SMILES string of the molecule is C#CCOc1c(C(=O)O)oc2ccccc12. The lowest BCUT2D eigenvalue weighted by molar-refractivity contribution is 0.0659. The summed E-state index contributed by atoms with van der Waals surface area (Å²) in [6.07, 6.45) is 5.06. The van der Waals surface area contributed by atoms with E-state index in [9.17, 15) is 4.79 Å². The van der Waals surface area contributed by atoms with Gasteiger partial charge in [-0.3, -0.25) is 0 Å². The van der Waals surface area contributed by atoms with Crippen molar-refractivity contribution in [3.05, 3.63) is 30.0 Å². The Morgan fingerprint density at radius 1 is 1.50 bits per heavy atom. The number of carbonyl (C=O) groups is 1. The molecule has 0 saturated heterocycles. The Kier molecular flexibility index (Phi) is 2.52. The summed E-state index contributed by atoms with van der Waals surface area (Å²) in [6.45, 7) is 0.00378. The van der Waals surface area contributed by atoms with Gasteiger partial charge in [0, 0.05) is 0 Å². The van der Waals surface area contributed by atoms with Gasteiger partial charge in [-0.15, -0.1) is 6.42 Å². The summed E-state index contributed by atoms with van der Waals surface area (Å²) in [5.41, 5.74) is 0.465. The van der Waals surface area contributed by atoms with Crippen LogP contribution in [-0.4, -0.2) is 17.7 Å². The van der Waals surface area contributed by atoms with Crippen LogP contribution in [0.1, 0.15) is 10.6 Å². The number of furan rings is 1. The molecule has 4 nitrogen and oxygen atoms in total. The van der Waals surface area contributed by atoms with E-state index in [1.807, 2.05) is 0 Å². The summed E-state index contributed by atoms with van der Waals surface area (Å²) >= 11 is 0. The van der Waals surface area contributed by atoms with E-state index in [1.54, 1.807) is 24.3 Å². The zero-order valence-corrected chi connectivity index (χ0v) is 8.27. The summed E-state index contributed by atoms with van der Waals surface area (Å²) in [6, 6.07) is 6.91. The van der Waals surface area contributed by atoms with Crippen molar-refractivity contribution in [3.8, 4) is 18.1 Å². The third-order valence-corrected chi connectivity index (χ3v) is 2.04. The van der Waals surface area contributed by atoms with E-state index in [1.165, 1.54) is 0 Å². The molecule has 1 heterocycles. The molecule has 2 rings (SSSR count).